The van der Waals surface area contributed by atoms with Gasteiger partial charge < -0.3 is 5.32 Å². The average Bonchev–Trinajstić information content (AvgIpc) is 2.84. The number of aromatic nitrogens is 1. The lowest BCUT2D eigenvalue weighted by atomic mass is 10.1. The number of alkyl halides is 3. The van der Waals surface area contributed by atoms with Crippen molar-refractivity contribution in [1.82, 2.24) is 4.98 Å². The van der Waals surface area contributed by atoms with Gasteiger partial charge in [-0.2, -0.15) is 13.2 Å². The van der Waals surface area contributed by atoms with E-state index in [-0.39, 0.29) is 0 Å². The second-order valence-electron chi connectivity index (χ2n) is 3.79. The summed E-state index contributed by atoms with van der Waals surface area (Å²) in [6.45, 7) is 4.13. The van der Waals surface area contributed by atoms with E-state index in [2.05, 4.69) is 16.9 Å². The van der Waals surface area contributed by atoms with Crippen LogP contribution < -0.4 is 5.32 Å². The van der Waals surface area contributed by atoms with E-state index in [4.69, 9.17) is 0 Å². The fourth-order valence-corrected chi connectivity index (χ4v) is 2.23. The minimum Gasteiger partial charge on any atom is -0.358 e. The number of rotatable bonds is 4. The maximum Gasteiger partial charge on any atom is 0.416 e. The van der Waals surface area contributed by atoms with E-state index in [0.717, 1.165) is 12.1 Å². The molecule has 0 atom stereocenters. The zero-order chi connectivity index (χ0) is 13.9. The Kier molecular flexibility index (Phi) is 3.90. The fourth-order valence-electron chi connectivity index (χ4n) is 1.50. The number of nitrogens with zero attached hydrogens (tertiary/aromatic N) is 1. The highest BCUT2D eigenvalue weighted by atomic mass is 32.1. The Morgan fingerprint density at radius 1 is 1.37 bits per heavy atom. The van der Waals surface area contributed by atoms with Crippen molar-refractivity contribution >= 4 is 16.5 Å². The lowest BCUT2D eigenvalue weighted by molar-refractivity contribution is -0.137. The van der Waals surface area contributed by atoms with Crippen molar-refractivity contribution in [3.8, 4) is 11.3 Å². The second kappa shape index (κ2) is 5.44. The first-order chi connectivity index (χ1) is 9.00. The predicted octanol–water partition coefficient (Wildman–Crippen LogP) is 4.43. The van der Waals surface area contributed by atoms with Crippen LogP contribution in [0.25, 0.3) is 11.3 Å². The summed E-state index contributed by atoms with van der Waals surface area (Å²) in [5.41, 5.74) is 0.319. The summed E-state index contributed by atoms with van der Waals surface area (Å²) in [4.78, 5) is 4.23. The molecule has 1 aromatic carbocycles. The third kappa shape index (κ3) is 3.35. The van der Waals surface area contributed by atoms with Crippen molar-refractivity contribution in [2.45, 2.75) is 6.18 Å². The molecule has 0 radical (unpaired) electrons. The molecule has 0 bridgehead atoms. The molecule has 0 saturated carbocycles. The molecule has 0 spiro atoms. The van der Waals surface area contributed by atoms with E-state index in [1.807, 2.05) is 0 Å². The number of hydrogen-bond donors (Lipinski definition) is 1. The molecule has 19 heavy (non-hydrogen) atoms. The van der Waals surface area contributed by atoms with Gasteiger partial charge in [-0.05, 0) is 12.1 Å². The standard InChI is InChI=1S/C13H11F3N2S/c1-2-6-17-12-18-11(8-19-12)9-4-3-5-10(7-9)13(14,15)16/h2-5,7-8H,1,6H2,(H,17,18). The minimum atomic E-state index is -4.34. The first kappa shape index (κ1) is 13.6. The molecular weight excluding hydrogens is 273 g/mol. The summed E-state index contributed by atoms with van der Waals surface area (Å²) in [6, 6.07) is 5.15. The predicted molar refractivity (Wildman–Crippen MR) is 71.2 cm³/mol. The second-order valence-corrected chi connectivity index (χ2v) is 4.64. The van der Waals surface area contributed by atoms with Crippen LogP contribution in [0.5, 0.6) is 0 Å². The topological polar surface area (TPSA) is 24.9 Å². The van der Waals surface area contributed by atoms with Crippen LogP contribution in [0.4, 0.5) is 18.3 Å². The third-order valence-corrected chi connectivity index (χ3v) is 3.19. The van der Waals surface area contributed by atoms with E-state index < -0.39 is 11.7 Å². The SMILES string of the molecule is C=CCNc1nc(-c2cccc(C(F)(F)F)c2)cs1. The first-order valence-corrected chi connectivity index (χ1v) is 6.36. The van der Waals surface area contributed by atoms with Crippen LogP contribution in [0.2, 0.25) is 0 Å². The van der Waals surface area contributed by atoms with Crippen LogP contribution in [0, 0.1) is 0 Å². The van der Waals surface area contributed by atoms with E-state index in [0.29, 0.717) is 22.9 Å². The number of anilines is 1. The fraction of sp³-hybridized carbons (Fsp3) is 0.154. The van der Waals surface area contributed by atoms with E-state index in [1.165, 1.54) is 17.4 Å². The third-order valence-electron chi connectivity index (χ3n) is 2.39. The van der Waals surface area contributed by atoms with E-state index >= 15 is 0 Å². The molecule has 0 aliphatic rings. The summed E-state index contributed by atoms with van der Waals surface area (Å²) in [5.74, 6) is 0. The Bertz CT molecular complexity index is 575. The van der Waals surface area contributed by atoms with E-state index in [1.54, 1.807) is 17.5 Å². The molecule has 2 aromatic rings. The van der Waals surface area contributed by atoms with Gasteiger partial charge in [0.2, 0.25) is 0 Å². The minimum absolute atomic E-state index is 0.456. The van der Waals surface area contributed by atoms with Crippen LogP contribution in [0.3, 0.4) is 0 Å². The number of hydrogen-bond acceptors (Lipinski definition) is 3. The summed E-state index contributed by atoms with van der Waals surface area (Å²) >= 11 is 1.35. The molecule has 0 amide bonds. The Hall–Kier alpha value is -1.82. The Balaban J connectivity index is 2.26. The zero-order valence-electron chi connectivity index (χ0n) is 9.87. The van der Waals surface area contributed by atoms with Crippen molar-refractivity contribution in [2.75, 3.05) is 11.9 Å². The lowest BCUT2D eigenvalue weighted by Gasteiger charge is -2.07. The zero-order valence-corrected chi connectivity index (χ0v) is 10.7. The van der Waals surface area contributed by atoms with Gasteiger partial charge in [-0.25, -0.2) is 4.98 Å². The van der Waals surface area contributed by atoms with Gasteiger partial charge in [0.05, 0.1) is 11.3 Å². The van der Waals surface area contributed by atoms with Gasteiger partial charge in [0, 0.05) is 17.5 Å². The van der Waals surface area contributed by atoms with Gasteiger partial charge in [0.15, 0.2) is 5.13 Å². The average molecular weight is 284 g/mol. The molecule has 1 N–H and O–H groups in total. The largest absolute Gasteiger partial charge is 0.416 e. The van der Waals surface area contributed by atoms with Gasteiger partial charge in [-0.1, -0.05) is 18.2 Å². The Morgan fingerprint density at radius 2 is 2.16 bits per heavy atom. The maximum absolute atomic E-state index is 12.6. The number of benzene rings is 1. The monoisotopic (exact) mass is 284 g/mol. The number of nitrogens with one attached hydrogen (secondary N) is 1. The molecule has 2 nitrogen and oxygen atoms in total. The summed E-state index contributed by atoms with van der Waals surface area (Å²) in [7, 11) is 0. The molecule has 0 aliphatic heterocycles. The molecule has 6 heteroatoms. The van der Waals surface area contributed by atoms with Gasteiger partial charge >= 0.3 is 6.18 Å². The van der Waals surface area contributed by atoms with Crippen molar-refractivity contribution < 1.29 is 13.2 Å². The molecular formula is C13H11F3N2S. The van der Waals surface area contributed by atoms with Crippen molar-refractivity contribution in [2.24, 2.45) is 0 Å². The smallest absolute Gasteiger partial charge is 0.358 e. The number of halogens is 3. The molecule has 0 aliphatic carbocycles. The van der Waals surface area contributed by atoms with Crippen molar-refractivity contribution in [3.05, 3.63) is 47.9 Å². The maximum atomic E-state index is 12.6. The van der Waals surface area contributed by atoms with Crippen LogP contribution in [-0.2, 0) is 6.18 Å². The molecule has 0 fully saturated rings. The van der Waals surface area contributed by atoms with Crippen LogP contribution in [-0.4, -0.2) is 11.5 Å². The summed E-state index contributed by atoms with van der Waals surface area (Å²) in [5, 5.41) is 5.38. The lowest BCUT2D eigenvalue weighted by Crippen LogP contribution is -2.04. The highest BCUT2D eigenvalue weighted by Gasteiger charge is 2.30. The van der Waals surface area contributed by atoms with Gasteiger partial charge in [-0.15, -0.1) is 17.9 Å². The normalized spacial score (nSPS) is 11.3. The first-order valence-electron chi connectivity index (χ1n) is 5.48. The molecule has 0 saturated heterocycles. The van der Waals surface area contributed by atoms with Crippen LogP contribution >= 0.6 is 11.3 Å². The van der Waals surface area contributed by atoms with Crippen molar-refractivity contribution in [3.63, 3.8) is 0 Å². The van der Waals surface area contributed by atoms with Gasteiger partial charge in [-0.3, -0.25) is 0 Å². The number of thiazole rings is 1. The van der Waals surface area contributed by atoms with Gasteiger partial charge in [0.25, 0.3) is 0 Å². The van der Waals surface area contributed by atoms with Crippen LogP contribution in [0.1, 0.15) is 5.56 Å². The summed E-state index contributed by atoms with van der Waals surface area (Å²) in [6.07, 6.45) is -2.65. The Morgan fingerprint density at radius 3 is 2.84 bits per heavy atom. The molecule has 0 unspecified atom stereocenters. The molecule has 1 heterocycles. The van der Waals surface area contributed by atoms with Gasteiger partial charge in [0.1, 0.15) is 0 Å². The van der Waals surface area contributed by atoms with Crippen LogP contribution in [0.15, 0.2) is 42.3 Å². The van der Waals surface area contributed by atoms with Crippen molar-refractivity contribution in [1.29, 1.82) is 0 Å². The molecule has 2 rings (SSSR count). The Labute approximate surface area is 112 Å². The molecule has 100 valence electrons. The van der Waals surface area contributed by atoms with E-state index in [9.17, 15) is 13.2 Å². The highest BCUT2D eigenvalue weighted by molar-refractivity contribution is 7.14. The summed E-state index contributed by atoms with van der Waals surface area (Å²) < 4.78 is 37.8. The quantitative estimate of drug-likeness (QED) is 0.840. The highest BCUT2D eigenvalue weighted by Crippen LogP contribution is 2.32. The molecule has 1 aromatic heterocycles.